The van der Waals surface area contributed by atoms with E-state index in [1.54, 1.807) is 12.1 Å². The van der Waals surface area contributed by atoms with Crippen LogP contribution in [0, 0.1) is 11.7 Å². The minimum atomic E-state index is -0.166. The zero-order valence-corrected chi connectivity index (χ0v) is 8.25. The van der Waals surface area contributed by atoms with Crippen LogP contribution in [-0.4, -0.2) is 6.04 Å². The summed E-state index contributed by atoms with van der Waals surface area (Å²) in [6, 6.07) is 6.93. The van der Waals surface area contributed by atoms with Crippen LogP contribution in [0.1, 0.15) is 24.8 Å². The Labute approximate surface area is 84.1 Å². The van der Waals surface area contributed by atoms with Crippen LogP contribution in [0.3, 0.4) is 0 Å². The Kier molecular flexibility index (Phi) is 2.82. The van der Waals surface area contributed by atoms with Gasteiger partial charge in [-0.3, -0.25) is 0 Å². The molecule has 0 aliphatic heterocycles. The molecule has 1 aromatic carbocycles. The molecule has 1 aliphatic rings. The van der Waals surface area contributed by atoms with Crippen LogP contribution in [0.4, 0.5) is 4.39 Å². The lowest BCUT2D eigenvalue weighted by Gasteiger charge is -2.10. The van der Waals surface area contributed by atoms with E-state index < -0.39 is 0 Å². The van der Waals surface area contributed by atoms with Crippen molar-refractivity contribution in [3.8, 4) is 0 Å². The number of rotatable bonds is 4. The van der Waals surface area contributed by atoms with Gasteiger partial charge in [0.2, 0.25) is 0 Å². The third kappa shape index (κ3) is 2.81. The van der Waals surface area contributed by atoms with Crippen LogP contribution in [0.25, 0.3) is 0 Å². The van der Waals surface area contributed by atoms with Gasteiger partial charge in [-0.05, 0) is 36.5 Å². The Bertz CT molecular complexity index is 307. The summed E-state index contributed by atoms with van der Waals surface area (Å²) in [7, 11) is 0. The lowest BCUT2D eigenvalue weighted by Crippen LogP contribution is -2.23. The first-order valence-electron chi connectivity index (χ1n) is 5.24. The molecule has 1 aliphatic carbocycles. The molecule has 0 radical (unpaired) electrons. The van der Waals surface area contributed by atoms with Crippen LogP contribution in [0.2, 0.25) is 0 Å². The van der Waals surface area contributed by atoms with Crippen molar-refractivity contribution in [1.29, 1.82) is 0 Å². The summed E-state index contributed by atoms with van der Waals surface area (Å²) >= 11 is 0. The Morgan fingerprint density at radius 2 is 2.21 bits per heavy atom. The highest BCUT2D eigenvalue weighted by Crippen LogP contribution is 2.33. The van der Waals surface area contributed by atoms with Gasteiger partial charge in [-0.1, -0.05) is 25.0 Å². The van der Waals surface area contributed by atoms with E-state index in [4.69, 9.17) is 5.73 Å². The Balaban J connectivity index is 1.88. The van der Waals surface area contributed by atoms with Crippen molar-refractivity contribution in [3.63, 3.8) is 0 Å². The molecule has 1 aromatic rings. The summed E-state index contributed by atoms with van der Waals surface area (Å²) in [5, 5.41) is 0. The second kappa shape index (κ2) is 4.09. The number of hydrogen-bond donors (Lipinski definition) is 1. The second-order valence-corrected chi connectivity index (χ2v) is 4.27. The molecule has 14 heavy (non-hydrogen) atoms. The zero-order chi connectivity index (χ0) is 9.97. The fraction of sp³-hybridized carbons (Fsp3) is 0.500. The van der Waals surface area contributed by atoms with E-state index in [-0.39, 0.29) is 11.9 Å². The fourth-order valence-corrected chi connectivity index (χ4v) is 1.83. The molecule has 1 nitrogen and oxygen atoms in total. The quantitative estimate of drug-likeness (QED) is 0.781. The average molecular weight is 193 g/mol. The first-order valence-corrected chi connectivity index (χ1v) is 5.24. The molecule has 76 valence electrons. The topological polar surface area (TPSA) is 26.0 Å². The first-order chi connectivity index (χ1) is 6.74. The molecular formula is C12H16FN. The van der Waals surface area contributed by atoms with Crippen molar-refractivity contribution in [1.82, 2.24) is 0 Å². The van der Waals surface area contributed by atoms with Gasteiger partial charge in [0.05, 0.1) is 0 Å². The SMILES string of the molecule is NC(Cc1cccc(F)c1)CC1CC1. The van der Waals surface area contributed by atoms with E-state index in [9.17, 15) is 4.39 Å². The maximum atomic E-state index is 12.9. The number of halogens is 1. The van der Waals surface area contributed by atoms with Crippen LogP contribution in [-0.2, 0) is 6.42 Å². The van der Waals surface area contributed by atoms with Gasteiger partial charge >= 0.3 is 0 Å². The Morgan fingerprint density at radius 3 is 2.86 bits per heavy atom. The molecule has 1 fully saturated rings. The minimum Gasteiger partial charge on any atom is -0.327 e. The number of benzene rings is 1. The predicted molar refractivity (Wildman–Crippen MR) is 55.4 cm³/mol. The molecule has 1 unspecified atom stereocenters. The number of nitrogens with two attached hydrogens (primary N) is 1. The highest BCUT2D eigenvalue weighted by atomic mass is 19.1. The molecule has 0 bridgehead atoms. The second-order valence-electron chi connectivity index (χ2n) is 4.27. The maximum absolute atomic E-state index is 12.9. The summed E-state index contributed by atoms with van der Waals surface area (Å²) in [5.74, 6) is 0.680. The van der Waals surface area contributed by atoms with E-state index in [0.717, 1.165) is 24.3 Å². The summed E-state index contributed by atoms with van der Waals surface area (Å²) in [4.78, 5) is 0. The molecule has 0 aromatic heterocycles. The highest BCUT2D eigenvalue weighted by Gasteiger charge is 2.23. The summed E-state index contributed by atoms with van der Waals surface area (Å²) < 4.78 is 12.9. The molecule has 0 heterocycles. The zero-order valence-electron chi connectivity index (χ0n) is 8.25. The lowest BCUT2D eigenvalue weighted by molar-refractivity contribution is 0.563. The van der Waals surface area contributed by atoms with Crippen LogP contribution in [0.5, 0.6) is 0 Å². The van der Waals surface area contributed by atoms with Crippen molar-refractivity contribution in [2.45, 2.75) is 31.7 Å². The fourth-order valence-electron chi connectivity index (χ4n) is 1.83. The first kappa shape index (κ1) is 9.66. The van der Waals surface area contributed by atoms with Crippen LogP contribution < -0.4 is 5.73 Å². The minimum absolute atomic E-state index is 0.166. The van der Waals surface area contributed by atoms with Gasteiger partial charge in [-0.25, -0.2) is 4.39 Å². The van der Waals surface area contributed by atoms with Crippen molar-refractivity contribution >= 4 is 0 Å². The largest absolute Gasteiger partial charge is 0.327 e. The third-order valence-corrected chi connectivity index (χ3v) is 2.72. The molecule has 2 heteroatoms. The van der Waals surface area contributed by atoms with Gasteiger partial charge < -0.3 is 5.73 Å². The van der Waals surface area contributed by atoms with E-state index in [1.807, 2.05) is 6.07 Å². The summed E-state index contributed by atoms with van der Waals surface area (Å²) in [6.45, 7) is 0. The molecule has 0 amide bonds. The van der Waals surface area contributed by atoms with Gasteiger partial charge in [0.25, 0.3) is 0 Å². The summed E-state index contributed by atoms with van der Waals surface area (Å²) in [5.41, 5.74) is 6.99. The Morgan fingerprint density at radius 1 is 1.43 bits per heavy atom. The van der Waals surface area contributed by atoms with Gasteiger partial charge in [0.1, 0.15) is 5.82 Å². The monoisotopic (exact) mass is 193 g/mol. The molecule has 2 N–H and O–H groups in total. The highest BCUT2D eigenvalue weighted by molar-refractivity contribution is 5.17. The molecule has 1 atom stereocenters. The van der Waals surface area contributed by atoms with Crippen molar-refractivity contribution in [2.75, 3.05) is 0 Å². The Hall–Kier alpha value is -0.890. The average Bonchev–Trinajstić information content (AvgIpc) is 2.87. The van der Waals surface area contributed by atoms with Gasteiger partial charge in [-0.2, -0.15) is 0 Å². The van der Waals surface area contributed by atoms with Crippen molar-refractivity contribution < 1.29 is 4.39 Å². The van der Waals surface area contributed by atoms with Crippen molar-refractivity contribution in [3.05, 3.63) is 35.6 Å². The summed E-state index contributed by atoms with van der Waals surface area (Å²) in [6.07, 6.45) is 4.55. The van der Waals surface area contributed by atoms with Gasteiger partial charge in [0, 0.05) is 6.04 Å². The van der Waals surface area contributed by atoms with E-state index >= 15 is 0 Å². The van der Waals surface area contributed by atoms with Crippen molar-refractivity contribution in [2.24, 2.45) is 11.7 Å². The molecule has 0 spiro atoms. The molecular weight excluding hydrogens is 177 g/mol. The predicted octanol–water partition coefficient (Wildman–Crippen LogP) is 2.50. The standard InChI is InChI=1S/C12H16FN/c13-11-3-1-2-10(6-11)8-12(14)7-9-4-5-9/h1-3,6,9,12H,4-5,7-8,14H2. The van der Waals surface area contributed by atoms with Gasteiger partial charge in [-0.15, -0.1) is 0 Å². The van der Waals surface area contributed by atoms with Gasteiger partial charge in [0.15, 0.2) is 0 Å². The van der Waals surface area contributed by atoms with Crippen LogP contribution >= 0.6 is 0 Å². The molecule has 0 saturated heterocycles. The lowest BCUT2D eigenvalue weighted by atomic mass is 10.0. The van der Waals surface area contributed by atoms with Crippen LogP contribution in [0.15, 0.2) is 24.3 Å². The molecule has 1 saturated carbocycles. The van der Waals surface area contributed by atoms with E-state index in [2.05, 4.69) is 0 Å². The third-order valence-electron chi connectivity index (χ3n) is 2.72. The number of hydrogen-bond acceptors (Lipinski definition) is 1. The maximum Gasteiger partial charge on any atom is 0.123 e. The van der Waals surface area contributed by atoms with E-state index in [1.165, 1.54) is 18.9 Å². The van der Waals surface area contributed by atoms with E-state index in [0.29, 0.717) is 0 Å². The molecule has 2 rings (SSSR count). The smallest absolute Gasteiger partial charge is 0.123 e. The normalized spacial score (nSPS) is 18.1.